The predicted octanol–water partition coefficient (Wildman–Crippen LogP) is 2.72. The molecule has 72 valence electrons. The maximum atomic E-state index is 11.7. The highest BCUT2D eigenvalue weighted by atomic mass is 32.2. The minimum atomic E-state index is -0.518. The van der Waals surface area contributed by atoms with Crippen molar-refractivity contribution in [3.05, 3.63) is 0 Å². The molecule has 0 spiro atoms. The van der Waals surface area contributed by atoms with Crippen LogP contribution in [0.3, 0.4) is 0 Å². The molecule has 2 heteroatoms. The maximum absolute atomic E-state index is 11.7. The van der Waals surface area contributed by atoms with Crippen LogP contribution in [-0.4, -0.2) is 15.1 Å². The van der Waals surface area contributed by atoms with E-state index in [1.54, 1.807) is 0 Å². The molecule has 1 fully saturated rings. The first-order valence-electron chi connectivity index (χ1n) is 5.09. The van der Waals surface area contributed by atoms with E-state index in [1.165, 1.54) is 19.3 Å². The highest BCUT2D eigenvalue weighted by Crippen LogP contribution is 2.45. The van der Waals surface area contributed by atoms with Crippen molar-refractivity contribution in [2.45, 2.75) is 51.2 Å². The molecule has 1 saturated heterocycles. The minimum absolute atomic E-state index is 0.212. The molecule has 0 radical (unpaired) electrons. The zero-order valence-electron chi connectivity index (χ0n) is 8.43. The van der Waals surface area contributed by atoms with Gasteiger partial charge in [-0.05, 0) is 30.4 Å². The zero-order chi connectivity index (χ0) is 9.19. The molecule has 1 nitrogen and oxygen atoms in total. The normalized spacial score (nSPS) is 35.2. The molecule has 0 bridgehead atoms. The fourth-order valence-corrected chi connectivity index (χ4v) is 4.42. The van der Waals surface area contributed by atoms with Crippen molar-refractivity contribution >= 4 is 11.2 Å². The first-order chi connectivity index (χ1) is 5.71. The molecule has 1 aliphatic rings. The van der Waals surface area contributed by atoms with Gasteiger partial charge < -0.3 is 4.55 Å². The summed E-state index contributed by atoms with van der Waals surface area (Å²) in [5, 5.41) is 0. The molecule has 12 heavy (non-hydrogen) atoms. The summed E-state index contributed by atoms with van der Waals surface area (Å²) in [6, 6.07) is 0. The van der Waals surface area contributed by atoms with Crippen LogP contribution < -0.4 is 0 Å². The van der Waals surface area contributed by atoms with E-state index in [1.807, 2.05) is 0 Å². The number of hydrogen-bond acceptors (Lipinski definition) is 1. The second-order valence-corrected chi connectivity index (χ2v) is 5.64. The average Bonchev–Trinajstić information content (AvgIpc) is 2.11. The Balaban J connectivity index is 2.65. The second kappa shape index (κ2) is 4.01. The molecule has 0 saturated carbocycles. The van der Waals surface area contributed by atoms with E-state index in [2.05, 4.69) is 20.8 Å². The van der Waals surface area contributed by atoms with E-state index in [-0.39, 0.29) is 4.75 Å². The van der Waals surface area contributed by atoms with E-state index in [0.717, 1.165) is 12.2 Å². The van der Waals surface area contributed by atoms with Crippen LogP contribution in [0.1, 0.15) is 46.5 Å². The van der Waals surface area contributed by atoms with Gasteiger partial charge in [0.2, 0.25) is 0 Å². The van der Waals surface area contributed by atoms with Gasteiger partial charge in [-0.15, -0.1) is 0 Å². The van der Waals surface area contributed by atoms with E-state index >= 15 is 0 Å². The summed E-state index contributed by atoms with van der Waals surface area (Å²) < 4.78 is 11.9. The van der Waals surface area contributed by atoms with Gasteiger partial charge in [0.15, 0.2) is 0 Å². The van der Waals surface area contributed by atoms with Crippen molar-refractivity contribution in [3.63, 3.8) is 0 Å². The maximum Gasteiger partial charge on any atom is 0.132 e. The van der Waals surface area contributed by atoms with Gasteiger partial charge in [-0.3, -0.25) is 0 Å². The van der Waals surface area contributed by atoms with Crippen LogP contribution >= 0.6 is 0 Å². The SMILES string of the molecule is CCC(CC)C1(CC)CC[S+]1[O-]. The first-order valence-corrected chi connectivity index (χ1v) is 6.41. The van der Waals surface area contributed by atoms with Gasteiger partial charge in [0.25, 0.3) is 0 Å². The molecule has 0 aliphatic carbocycles. The molecule has 1 aliphatic heterocycles. The summed E-state index contributed by atoms with van der Waals surface area (Å²) in [7, 11) is 0. The largest absolute Gasteiger partial charge is 0.616 e. The third-order valence-electron chi connectivity index (χ3n) is 3.49. The van der Waals surface area contributed by atoms with Crippen LogP contribution in [0.25, 0.3) is 0 Å². The van der Waals surface area contributed by atoms with Gasteiger partial charge in [0.05, 0.1) is 0 Å². The van der Waals surface area contributed by atoms with Crippen LogP contribution in [-0.2, 0) is 11.2 Å². The van der Waals surface area contributed by atoms with E-state index in [4.69, 9.17) is 0 Å². The minimum Gasteiger partial charge on any atom is -0.616 e. The Labute approximate surface area is 79.1 Å². The van der Waals surface area contributed by atoms with Crippen LogP contribution in [0.4, 0.5) is 0 Å². The third kappa shape index (κ3) is 1.39. The summed E-state index contributed by atoms with van der Waals surface area (Å²) in [5.74, 6) is 1.64. The summed E-state index contributed by atoms with van der Waals surface area (Å²) in [6.45, 7) is 6.64. The Morgan fingerprint density at radius 1 is 1.33 bits per heavy atom. The van der Waals surface area contributed by atoms with Gasteiger partial charge in [-0.1, -0.05) is 20.8 Å². The second-order valence-electron chi connectivity index (χ2n) is 3.73. The lowest BCUT2D eigenvalue weighted by molar-refractivity contribution is 0.290. The smallest absolute Gasteiger partial charge is 0.132 e. The summed E-state index contributed by atoms with van der Waals surface area (Å²) in [5.41, 5.74) is 0. The van der Waals surface area contributed by atoms with Crippen LogP contribution in [0.2, 0.25) is 0 Å². The highest BCUT2D eigenvalue weighted by Gasteiger charge is 2.53. The third-order valence-corrected chi connectivity index (χ3v) is 5.80. The molecule has 0 aromatic heterocycles. The van der Waals surface area contributed by atoms with E-state index in [0.29, 0.717) is 5.92 Å². The summed E-state index contributed by atoms with van der Waals surface area (Å²) in [4.78, 5) is 0. The zero-order valence-corrected chi connectivity index (χ0v) is 9.25. The van der Waals surface area contributed by atoms with Crippen molar-refractivity contribution in [1.29, 1.82) is 0 Å². The lowest BCUT2D eigenvalue weighted by Gasteiger charge is -2.47. The fraction of sp³-hybridized carbons (Fsp3) is 1.00. The Morgan fingerprint density at radius 3 is 2.00 bits per heavy atom. The molecule has 1 heterocycles. The van der Waals surface area contributed by atoms with Gasteiger partial charge in [-0.2, -0.15) is 0 Å². The summed E-state index contributed by atoms with van der Waals surface area (Å²) in [6.07, 6.45) is 4.68. The monoisotopic (exact) mass is 188 g/mol. The summed E-state index contributed by atoms with van der Waals surface area (Å²) >= 11 is -0.518. The Hall–Kier alpha value is 0.310. The molecule has 2 unspecified atom stereocenters. The topological polar surface area (TPSA) is 23.1 Å². The van der Waals surface area contributed by atoms with Gasteiger partial charge in [0, 0.05) is 12.3 Å². The molecule has 0 aromatic rings. The number of hydrogen-bond donors (Lipinski definition) is 0. The molecule has 0 amide bonds. The van der Waals surface area contributed by atoms with Crippen molar-refractivity contribution in [1.82, 2.24) is 0 Å². The van der Waals surface area contributed by atoms with Crippen LogP contribution in [0, 0.1) is 5.92 Å². The quantitative estimate of drug-likeness (QED) is 0.622. The van der Waals surface area contributed by atoms with Gasteiger partial charge >= 0.3 is 0 Å². The Morgan fingerprint density at radius 2 is 1.92 bits per heavy atom. The highest BCUT2D eigenvalue weighted by molar-refractivity contribution is 7.94. The number of rotatable bonds is 4. The molecule has 2 atom stereocenters. The van der Waals surface area contributed by atoms with Gasteiger partial charge in [0.1, 0.15) is 10.5 Å². The lowest BCUT2D eigenvalue weighted by atomic mass is 9.82. The molecule has 1 rings (SSSR count). The Kier molecular flexibility index (Phi) is 3.47. The molecular formula is C10H20OS. The van der Waals surface area contributed by atoms with Crippen LogP contribution in [0.15, 0.2) is 0 Å². The lowest BCUT2D eigenvalue weighted by Crippen LogP contribution is -2.55. The average molecular weight is 188 g/mol. The first kappa shape index (κ1) is 10.4. The van der Waals surface area contributed by atoms with Gasteiger partial charge in [-0.25, -0.2) is 0 Å². The van der Waals surface area contributed by atoms with Crippen molar-refractivity contribution in [3.8, 4) is 0 Å². The molecule has 0 N–H and O–H groups in total. The standard InChI is InChI=1S/C10H20OS/c1-4-9(5-2)10(6-3)7-8-12(10)11/h9H,4-8H2,1-3H3. The van der Waals surface area contributed by atoms with Crippen molar-refractivity contribution in [2.75, 3.05) is 5.75 Å². The Bertz CT molecular complexity index is 141. The molecule has 0 aromatic carbocycles. The van der Waals surface area contributed by atoms with Crippen molar-refractivity contribution in [2.24, 2.45) is 5.92 Å². The predicted molar refractivity (Wildman–Crippen MR) is 54.7 cm³/mol. The van der Waals surface area contributed by atoms with E-state index in [9.17, 15) is 4.55 Å². The molecular weight excluding hydrogens is 168 g/mol. The van der Waals surface area contributed by atoms with Crippen LogP contribution in [0.5, 0.6) is 0 Å². The van der Waals surface area contributed by atoms with Crippen molar-refractivity contribution < 1.29 is 4.55 Å². The fourth-order valence-electron chi connectivity index (χ4n) is 2.50. The van der Waals surface area contributed by atoms with E-state index < -0.39 is 11.2 Å².